The van der Waals surface area contributed by atoms with Crippen LogP contribution in [0, 0.1) is 11.3 Å². The molecule has 0 bridgehead atoms. The molecule has 7 nitrogen and oxygen atoms in total. The van der Waals surface area contributed by atoms with Crippen molar-refractivity contribution in [2.75, 3.05) is 50.8 Å². The molecule has 4 aliphatic rings. The van der Waals surface area contributed by atoms with Gasteiger partial charge in [0.25, 0.3) is 0 Å². The van der Waals surface area contributed by atoms with E-state index in [2.05, 4.69) is 62.7 Å². The monoisotopic (exact) mass is 454 g/mol. The zero-order valence-corrected chi connectivity index (χ0v) is 19.6. The third kappa shape index (κ3) is 3.73. The molecule has 6 rings (SSSR count). The van der Waals surface area contributed by atoms with Crippen LogP contribution in [0.15, 0.2) is 65.2 Å². The topological polar surface area (TPSA) is 76.5 Å². The Morgan fingerprint density at radius 3 is 3.09 bits per heavy atom. The summed E-state index contributed by atoms with van der Waals surface area (Å²) in [6, 6.07) is 11.1. The van der Waals surface area contributed by atoms with Crippen LogP contribution in [-0.4, -0.2) is 67.9 Å². The summed E-state index contributed by atoms with van der Waals surface area (Å²) in [5.41, 5.74) is 8.15. The summed E-state index contributed by atoms with van der Waals surface area (Å²) in [4.78, 5) is 9.55. The van der Waals surface area contributed by atoms with Gasteiger partial charge in [-0.25, -0.2) is 0 Å². The molecule has 0 amide bonds. The number of aromatic nitrogens is 1. The molecule has 34 heavy (non-hydrogen) atoms. The number of ether oxygens (including phenoxy) is 1. The van der Waals surface area contributed by atoms with Crippen molar-refractivity contribution < 1.29 is 4.74 Å². The molecule has 2 fully saturated rings. The predicted molar refractivity (Wildman–Crippen MR) is 133 cm³/mol. The number of hydrogen-bond donors (Lipinski definition) is 2. The second-order valence-corrected chi connectivity index (χ2v) is 9.57. The van der Waals surface area contributed by atoms with Crippen LogP contribution < -0.4 is 15.5 Å². The molecule has 1 aromatic heterocycles. The van der Waals surface area contributed by atoms with E-state index in [1.54, 1.807) is 6.20 Å². The Labute approximate surface area is 200 Å². The molecule has 2 N–H and O–H groups in total. The number of benzene rings is 1. The lowest BCUT2D eigenvalue weighted by Crippen LogP contribution is -2.49. The summed E-state index contributed by atoms with van der Waals surface area (Å²) in [7, 11) is 0. The van der Waals surface area contributed by atoms with Gasteiger partial charge in [-0.3, -0.25) is 4.98 Å². The summed E-state index contributed by atoms with van der Waals surface area (Å²) in [6.07, 6.45) is 7.39. The second kappa shape index (κ2) is 8.79. The van der Waals surface area contributed by atoms with Crippen LogP contribution in [0.5, 0.6) is 0 Å². The maximum atomic E-state index is 9.52. The largest absolute Gasteiger partial charge is 0.384 e. The number of morpholine rings is 1. The molecule has 0 spiro atoms. The quantitative estimate of drug-likeness (QED) is 0.736. The van der Waals surface area contributed by atoms with Crippen molar-refractivity contribution >= 4 is 16.6 Å². The number of pyridine rings is 1. The Kier molecular flexibility index (Phi) is 5.48. The predicted octanol–water partition coefficient (Wildman–Crippen LogP) is 2.68. The highest BCUT2D eigenvalue weighted by atomic mass is 16.5. The first-order valence-corrected chi connectivity index (χ1v) is 12.2. The number of fused-ring (bicyclic) bond motifs is 3. The highest BCUT2D eigenvalue weighted by Gasteiger charge is 2.36. The Morgan fingerprint density at radius 2 is 2.24 bits per heavy atom. The Bertz CT molecular complexity index is 1250. The Balaban J connectivity index is 1.24. The molecule has 2 aromatic rings. The molecule has 0 radical (unpaired) electrons. The minimum atomic E-state index is 0.369. The van der Waals surface area contributed by atoms with Crippen LogP contribution in [0.2, 0.25) is 0 Å². The zero-order valence-electron chi connectivity index (χ0n) is 19.6. The third-order valence-corrected chi connectivity index (χ3v) is 7.40. The summed E-state index contributed by atoms with van der Waals surface area (Å²) >= 11 is 0. The fourth-order valence-electron chi connectivity index (χ4n) is 5.67. The van der Waals surface area contributed by atoms with Crippen molar-refractivity contribution in [3.63, 3.8) is 0 Å². The van der Waals surface area contributed by atoms with Gasteiger partial charge in [-0.1, -0.05) is 6.08 Å². The van der Waals surface area contributed by atoms with Crippen LogP contribution in [0.25, 0.3) is 10.9 Å². The average molecular weight is 455 g/mol. The van der Waals surface area contributed by atoms with Crippen LogP contribution in [-0.2, 0) is 4.74 Å². The number of allylic oxidation sites excluding steroid dienone is 2. The van der Waals surface area contributed by atoms with Crippen molar-refractivity contribution in [1.29, 1.82) is 5.26 Å². The maximum Gasteiger partial charge on any atom is 0.101 e. The number of rotatable bonds is 4. The summed E-state index contributed by atoms with van der Waals surface area (Å²) in [5, 5.41) is 17.7. The molecular formula is C27H30N6O. The van der Waals surface area contributed by atoms with Crippen LogP contribution >= 0.6 is 0 Å². The van der Waals surface area contributed by atoms with E-state index in [0.29, 0.717) is 17.6 Å². The van der Waals surface area contributed by atoms with E-state index in [4.69, 9.17) is 4.74 Å². The molecule has 174 valence electrons. The van der Waals surface area contributed by atoms with Gasteiger partial charge in [0.05, 0.1) is 30.8 Å². The van der Waals surface area contributed by atoms with Gasteiger partial charge < -0.3 is 25.2 Å². The average Bonchev–Trinajstić information content (AvgIpc) is 3.26. The van der Waals surface area contributed by atoms with Gasteiger partial charge >= 0.3 is 0 Å². The molecule has 3 aliphatic heterocycles. The van der Waals surface area contributed by atoms with E-state index in [9.17, 15) is 5.26 Å². The Hall–Kier alpha value is -3.34. The van der Waals surface area contributed by atoms with Crippen LogP contribution in [0.4, 0.5) is 5.69 Å². The molecule has 1 aliphatic carbocycles. The molecule has 4 heterocycles. The van der Waals surface area contributed by atoms with E-state index < -0.39 is 0 Å². The first kappa shape index (κ1) is 21.2. The fourth-order valence-corrected chi connectivity index (χ4v) is 5.67. The molecule has 2 atom stereocenters. The number of nitriles is 1. The van der Waals surface area contributed by atoms with Crippen molar-refractivity contribution in [3.8, 4) is 6.07 Å². The van der Waals surface area contributed by atoms with Gasteiger partial charge in [0, 0.05) is 66.9 Å². The highest BCUT2D eigenvalue weighted by Crippen LogP contribution is 2.40. The SMILES string of the molecule is C[C@@H]1CN(c2ccc(C#N)c3ncccc23)CC2=C3CC=C(NCC4COCCN4)C=C3CN21. The van der Waals surface area contributed by atoms with Crippen molar-refractivity contribution in [1.82, 2.24) is 20.5 Å². The third-order valence-electron chi connectivity index (χ3n) is 7.40. The molecular weight excluding hydrogens is 424 g/mol. The highest BCUT2D eigenvalue weighted by molar-refractivity contribution is 5.95. The van der Waals surface area contributed by atoms with Gasteiger partial charge in [-0.15, -0.1) is 0 Å². The first-order chi connectivity index (χ1) is 16.7. The van der Waals surface area contributed by atoms with Gasteiger partial charge in [0.2, 0.25) is 0 Å². The number of hydrogen-bond acceptors (Lipinski definition) is 7. The molecule has 2 saturated heterocycles. The number of nitrogens with one attached hydrogen (secondary N) is 2. The van der Waals surface area contributed by atoms with Gasteiger partial charge in [0.1, 0.15) is 6.07 Å². The van der Waals surface area contributed by atoms with E-state index in [0.717, 1.165) is 68.9 Å². The number of piperazine rings is 1. The van der Waals surface area contributed by atoms with Crippen molar-refractivity contribution in [2.24, 2.45) is 0 Å². The smallest absolute Gasteiger partial charge is 0.101 e. The Morgan fingerprint density at radius 1 is 1.29 bits per heavy atom. The lowest BCUT2D eigenvalue weighted by Gasteiger charge is -2.42. The molecule has 1 unspecified atom stereocenters. The van der Waals surface area contributed by atoms with Gasteiger partial charge in [-0.05, 0) is 54.8 Å². The van der Waals surface area contributed by atoms with Gasteiger partial charge in [-0.2, -0.15) is 5.26 Å². The molecule has 0 saturated carbocycles. The molecule has 7 heteroatoms. The van der Waals surface area contributed by atoms with Gasteiger partial charge in [0.15, 0.2) is 0 Å². The standard InChI is InChI=1S/C27H30N6O/c1-18-14-32(25-7-4-19(12-28)27-24(25)3-2-8-30-27)16-26-23-6-5-21(11-20(23)15-33(18)26)31-13-22-17-34-10-9-29-22/h2-5,7-8,11,18,22,29,31H,6,9-10,13-17H2,1H3/t18-,22?/m1/s1. The van der Waals surface area contributed by atoms with Crippen molar-refractivity contribution in [2.45, 2.75) is 25.4 Å². The summed E-state index contributed by atoms with van der Waals surface area (Å²) in [6.45, 7) is 8.52. The van der Waals surface area contributed by atoms with Crippen molar-refractivity contribution in [3.05, 3.63) is 70.7 Å². The zero-order chi connectivity index (χ0) is 23.1. The van der Waals surface area contributed by atoms with E-state index >= 15 is 0 Å². The minimum absolute atomic E-state index is 0.369. The maximum absolute atomic E-state index is 9.52. The van der Waals surface area contributed by atoms with Crippen LogP contribution in [0.3, 0.4) is 0 Å². The fraction of sp³-hybridized carbons (Fsp3) is 0.407. The lowest BCUT2D eigenvalue weighted by molar-refractivity contribution is 0.0776. The van der Waals surface area contributed by atoms with Crippen LogP contribution in [0.1, 0.15) is 18.9 Å². The molecule has 1 aromatic carbocycles. The summed E-state index contributed by atoms with van der Waals surface area (Å²) < 4.78 is 5.58. The lowest BCUT2D eigenvalue weighted by atomic mass is 9.97. The van der Waals surface area contributed by atoms with E-state index in [1.807, 2.05) is 12.1 Å². The second-order valence-electron chi connectivity index (χ2n) is 9.57. The number of nitrogens with zero attached hydrogens (tertiary/aromatic N) is 4. The summed E-state index contributed by atoms with van der Waals surface area (Å²) in [5.74, 6) is 0. The normalized spacial score (nSPS) is 24.4. The number of anilines is 1. The minimum Gasteiger partial charge on any atom is -0.384 e. The van der Waals surface area contributed by atoms with E-state index in [1.165, 1.54) is 22.5 Å². The first-order valence-electron chi connectivity index (χ1n) is 12.2. The van der Waals surface area contributed by atoms with E-state index in [-0.39, 0.29) is 0 Å².